The summed E-state index contributed by atoms with van der Waals surface area (Å²) in [5.41, 5.74) is -6.24. The van der Waals surface area contributed by atoms with Crippen LogP contribution >= 0.6 is 0 Å². The maximum absolute atomic E-state index is 16.3. The molecule has 22 atom stereocenters. The number of β-lactam (4-membered cyclic amide) rings is 1. The molecule has 132 heavy (non-hydrogen) atoms. The maximum Gasteiger partial charge on any atom is 0.338 e. The van der Waals surface area contributed by atoms with Crippen LogP contribution in [0.3, 0.4) is 0 Å². The number of imide groups is 1. The van der Waals surface area contributed by atoms with Crippen molar-refractivity contribution in [2.75, 3.05) is 13.2 Å². The number of nitrogens with zero attached hydrogens (tertiary/aromatic N) is 1. The van der Waals surface area contributed by atoms with Crippen LogP contribution in [0.1, 0.15) is 173 Å². The third kappa shape index (κ3) is 16.8. The van der Waals surface area contributed by atoms with Gasteiger partial charge in [0, 0.05) is 61.5 Å². The molecule has 6 aliphatic carbocycles. The Bertz CT molecular complexity index is 5550. The summed E-state index contributed by atoms with van der Waals surface area (Å²) < 4.78 is 73.3. The van der Waals surface area contributed by atoms with Gasteiger partial charge in [-0.25, -0.2) is 9.59 Å². The molecule has 0 spiro atoms. The topological polar surface area (TPSA) is 348 Å². The maximum atomic E-state index is 16.3. The van der Waals surface area contributed by atoms with Crippen LogP contribution in [-0.4, -0.2) is 209 Å². The molecular formula is C102H126N2O24Si4. The summed E-state index contributed by atoms with van der Waals surface area (Å²) in [6.07, 6.45) is -10.6. The molecule has 8 bridgehead atoms. The summed E-state index contributed by atoms with van der Waals surface area (Å²) in [7, 11) is -10.6. The monoisotopic (exact) mass is 1870 g/mol. The van der Waals surface area contributed by atoms with Crippen molar-refractivity contribution in [2.24, 2.45) is 45.3 Å². The zero-order valence-electron chi connectivity index (χ0n) is 79.1. The third-order valence-electron chi connectivity index (χ3n) is 30.6. The summed E-state index contributed by atoms with van der Waals surface area (Å²) >= 11 is 0. The van der Waals surface area contributed by atoms with E-state index in [1.54, 1.807) is 144 Å². The minimum Gasteiger partial charge on any atom is -0.457 e. The van der Waals surface area contributed by atoms with E-state index in [0.29, 0.717) is 50.3 Å². The summed E-state index contributed by atoms with van der Waals surface area (Å²) in [6, 6.07) is 52.3. The first-order valence-electron chi connectivity index (χ1n) is 45.9. The first kappa shape index (κ1) is 97.2. The Morgan fingerprint density at radius 2 is 0.856 bits per heavy atom. The standard InChI is InChI=1S/C51H63NO12Si2.C34H48O10Si2.C17H15NO2/c1-30-36(60-46(56)31(2)40(33-20-14-11-15-21-33)52-45(55)34-22-16-12-17-23-34)27-51(58)44(61-47(57)35-24-18-13-19-25-35)42-49(6)37(26-38-50(42,28-59-38)62-32(3)53)63-65(7,8)29-66(9,10)64-41(43(49)54)39(30)48(51,4)5;1-19-22(36)16-34(39)29(41-30(38)21-13-11-10-12-14-21)27-32(5)23(15-24-33(27,17-40-24)42-20(2)35)43-45(6,7)18-46(8,9)44-26(28(32)37)25(19)31(34,3)4;1-12-15(13-8-4-2-5-9-13)18(16(12)19)17(20)14-10-6-3-7-11-14/h11-25,31,36-38,40-42,44,58H,26-29H2,1-10H3,(H,52,55);10-14,22-24,26-27,29,36,39H,15-18H2,1-9H3;2-12,15H,1H3/t31-,36+,37-,38+,40+,41+,42?,44+,49+,50+,51+;22?,23-,24+,26+,27?,29+,32+,33+,34+;12-,15-/m000/s1. The van der Waals surface area contributed by atoms with Crippen molar-refractivity contribution < 1.29 is 114 Å². The zero-order valence-corrected chi connectivity index (χ0v) is 83.1. The number of hydrogen-bond donors (Lipinski definition) is 4. The number of amides is 3. The molecule has 9 fully saturated rings. The average molecular weight is 1880 g/mol. The molecule has 5 saturated heterocycles. The fourth-order valence-electron chi connectivity index (χ4n) is 24.5. The summed E-state index contributed by atoms with van der Waals surface area (Å²) in [5, 5.41) is 42.1. The van der Waals surface area contributed by atoms with Gasteiger partial charge in [-0.05, 0) is 180 Å². The Hall–Kier alpha value is -9.39. The van der Waals surface area contributed by atoms with Gasteiger partial charge in [-0.2, -0.15) is 0 Å². The summed E-state index contributed by atoms with van der Waals surface area (Å²) in [5.74, 6) is -8.16. The quantitative estimate of drug-likeness (QED) is 0.0196. The number of aliphatic hydroxyl groups excluding tert-OH is 1. The van der Waals surface area contributed by atoms with Crippen LogP contribution in [0.4, 0.5) is 0 Å². The normalized spacial score (nSPS) is 34.7. The van der Waals surface area contributed by atoms with Crippen LogP contribution in [0.2, 0.25) is 63.7 Å². The van der Waals surface area contributed by atoms with Crippen molar-refractivity contribution in [3.05, 3.63) is 238 Å². The van der Waals surface area contributed by atoms with Gasteiger partial charge in [0.05, 0.1) is 89.2 Å². The number of fused-ring (bicyclic) bond motifs is 12. The van der Waals surface area contributed by atoms with Crippen molar-refractivity contribution >= 4 is 92.4 Å². The predicted molar refractivity (Wildman–Crippen MR) is 497 cm³/mol. The van der Waals surface area contributed by atoms with E-state index in [4.69, 9.17) is 50.9 Å². The molecule has 5 heterocycles. The van der Waals surface area contributed by atoms with Crippen LogP contribution in [0, 0.1) is 45.3 Å². The number of benzene rings is 6. The molecule has 0 aromatic heterocycles. The molecule has 6 aromatic rings. The highest BCUT2D eigenvalue weighted by Crippen LogP contribution is 2.69. The number of carbonyl (C=O) groups excluding carboxylic acids is 10. The van der Waals surface area contributed by atoms with Gasteiger partial charge >= 0.3 is 29.8 Å². The SMILES string of the molecule is CC(=O)O[C@]12CO[C@@H]1C[C@@H]1O[Si](C)(C)C[Si](C)(C)O[C@H]3C(=O)[C@@]1(C)C2[C@@H](OC(=O)c1ccccc1)[C@]1(O)CC(O)C(C)=C3C1(C)C.CC(=O)O[C@]12CO[C@@H]1C[C@@H]1O[Si](C)(C)C[Si](C)(C)O[C@H]3C(=O)[C@@]1(C)C2[C@@H](OC(=O)c1ccccc1)[C@]1(O)C[C@@H](OC(=O)[C@@H](C)[C@@H](NC(=O)c2ccccc2)c2ccccc2)C(C)=C3C1(C)C.C[C@@H]1C(=O)N(C(=O)c2ccccc2)[C@@H]1c1ccccc1. The molecule has 26 nitrogen and oxygen atoms in total. The van der Waals surface area contributed by atoms with Crippen LogP contribution in [-0.2, 0) is 79.6 Å². The van der Waals surface area contributed by atoms with Crippen molar-refractivity contribution in [1.29, 1.82) is 0 Å². The molecule has 4 N–H and O–H groups in total. The lowest BCUT2D eigenvalue weighted by molar-refractivity contribution is -0.344. The fraction of sp³-hybridized carbons (Fsp3) is 0.510. The number of carbonyl (C=O) groups is 10. The smallest absolute Gasteiger partial charge is 0.338 e. The van der Waals surface area contributed by atoms with E-state index < -0.39 is 192 Å². The molecule has 4 saturated carbocycles. The fourth-order valence-corrected chi connectivity index (χ4v) is 46.2. The first-order chi connectivity index (χ1) is 61.9. The van der Waals surface area contributed by atoms with E-state index in [2.05, 4.69) is 57.7 Å². The number of ether oxygens (including phenoxy) is 7. The van der Waals surface area contributed by atoms with Crippen LogP contribution < -0.4 is 5.32 Å². The lowest BCUT2D eigenvalue weighted by atomic mass is 9.44. The molecule has 5 aliphatic heterocycles. The second-order valence-corrected chi connectivity index (χ2v) is 59.9. The number of hydrogen-bond acceptors (Lipinski definition) is 24. The Kier molecular flexibility index (Phi) is 26.0. The molecule has 6 aromatic carbocycles. The van der Waals surface area contributed by atoms with Crippen LogP contribution in [0.15, 0.2) is 204 Å². The van der Waals surface area contributed by atoms with Crippen LogP contribution in [0.25, 0.3) is 0 Å². The number of rotatable bonds is 14. The Morgan fingerprint density at radius 3 is 1.26 bits per heavy atom. The van der Waals surface area contributed by atoms with Crippen molar-refractivity contribution in [2.45, 2.75) is 268 Å². The van der Waals surface area contributed by atoms with E-state index in [0.717, 1.165) is 5.56 Å². The molecule has 11 aliphatic rings. The lowest BCUT2D eigenvalue weighted by Crippen LogP contribution is -2.82. The highest BCUT2D eigenvalue weighted by molar-refractivity contribution is 6.90. The molecule has 0 radical (unpaired) electrons. The van der Waals surface area contributed by atoms with Gasteiger partial charge in [0.1, 0.15) is 53.9 Å². The highest BCUT2D eigenvalue weighted by Gasteiger charge is 2.82. The Balaban J connectivity index is 0.000000173. The molecule has 3 unspecified atom stereocenters. The van der Waals surface area contributed by atoms with Gasteiger partial charge in [-0.1, -0.05) is 168 Å². The van der Waals surface area contributed by atoms with Gasteiger partial charge in [0.15, 0.2) is 56.0 Å². The van der Waals surface area contributed by atoms with Crippen molar-refractivity contribution in [3.63, 3.8) is 0 Å². The van der Waals surface area contributed by atoms with Gasteiger partial charge < -0.3 is 71.5 Å². The van der Waals surface area contributed by atoms with E-state index in [1.165, 1.54) is 18.7 Å². The summed E-state index contributed by atoms with van der Waals surface area (Å²) in [6.45, 7) is 37.1. The number of Topliss-reactive ketones (excluding diaryl/α,β-unsaturated/α-hetero) is 2. The van der Waals surface area contributed by atoms with Crippen LogP contribution in [0.5, 0.6) is 0 Å². The van der Waals surface area contributed by atoms with E-state index in [9.17, 15) is 53.7 Å². The lowest BCUT2D eigenvalue weighted by Gasteiger charge is -2.68. The van der Waals surface area contributed by atoms with E-state index >= 15 is 9.59 Å². The largest absolute Gasteiger partial charge is 0.457 e. The predicted octanol–water partition coefficient (Wildman–Crippen LogP) is 14.6. The van der Waals surface area contributed by atoms with Gasteiger partial charge in [0.25, 0.3) is 11.8 Å². The van der Waals surface area contributed by atoms with E-state index in [1.807, 2.05) is 107 Å². The minimum absolute atomic E-state index is 0.0513. The van der Waals surface area contributed by atoms with Crippen molar-refractivity contribution in [1.82, 2.24) is 10.2 Å². The Morgan fingerprint density at radius 1 is 0.485 bits per heavy atom. The zero-order chi connectivity index (χ0) is 95.7. The van der Waals surface area contributed by atoms with Crippen molar-refractivity contribution in [3.8, 4) is 0 Å². The molecule has 17 rings (SSSR count). The molecule has 704 valence electrons. The number of esters is 5. The minimum atomic E-state index is -2.82. The van der Waals surface area contributed by atoms with Gasteiger partial charge in [-0.15, -0.1) is 0 Å². The summed E-state index contributed by atoms with van der Waals surface area (Å²) in [4.78, 5) is 141. The van der Waals surface area contributed by atoms with Gasteiger partial charge in [-0.3, -0.25) is 43.3 Å². The molecular weight excluding hydrogens is 1750 g/mol. The number of nitrogens with one attached hydrogen (secondary N) is 1. The Labute approximate surface area is 776 Å². The number of likely N-dealkylation sites (tertiary alicyclic amines) is 1. The van der Waals surface area contributed by atoms with Gasteiger partial charge in [0.2, 0.25) is 5.91 Å². The second-order valence-electron chi connectivity index (χ2n) is 42.1. The molecule has 30 heteroatoms. The second kappa shape index (κ2) is 35.4. The molecule has 3 amide bonds. The number of ketones is 2. The highest BCUT2D eigenvalue weighted by atomic mass is 28.4. The third-order valence-corrected chi connectivity index (χ3v) is 47.8. The first-order valence-corrected chi connectivity index (χ1v) is 58.4. The average Bonchev–Trinajstić information content (AvgIpc) is 0.883. The van der Waals surface area contributed by atoms with E-state index in [-0.39, 0.29) is 91.3 Å². The number of aliphatic hydroxyl groups is 3.